The van der Waals surface area contributed by atoms with Gasteiger partial charge in [0.25, 0.3) is 15.6 Å². The summed E-state index contributed by atoms with van der Waals surface area (Å²) in [6, 6.07) is 11.6. The van der Waals surface area contributed by atoms with Gasteiger partial charge in [0.2, 0.25) is 5.91 Å². The average Bonchev–Trinajstić information content (AvgIpc) is 2.70. The van der Waals surface area contributed by atoms with Gasteiger partial charge in [-0.25, -0.2) is 13.2 Å². The molecule has 0 atom stereocenters. The molecule has 0 unspecified atom stereocenters. The maximum Gasteiger partial charge on any atom is 0.325 e. The van der Waals surface area contributed by atoms with E-state index in [1.54, 1.807) is 50.2 Å². The molecule has 11 heteroatoms. The normalized spacial score (nSPS) is 11.2. The number of rotatable bonds is 7. The van der Waals surface area contributed by atoms with Crippen molar-refractivity contribution in [1.29, 1.82) is 0 Å². The molecule has 0 aliphatic carbocycles. The van der Waals surface area contributed by atoms with Crippen LogP contribution in [0.2, 0.25) is 0 Å². The van der Waals surface area contributed by atoms with E-state index in [0.717, 1.165) is 15.4 Å². The summed E-state index contributed by atoms with van der Waals surface area (Å²) in [7, 11) is -3.05. The minimum absolute atomic E-state index is 0.133. The van der Waals surface area contributed by atoms with Crippen molar-refractivity contribution in [3.63, 3.8) is 0 Å². The number of carbonyl (C=O) groups excluding carboxylic acids is 1. The van der Waals surface area contributed by atoms with Gasteiger partial charge in [-0.05, 0) is 56.2 Å². The molecule has 2 aromatic carbocycles. The van der Waals surface area contributed by atoms with Crippen LogP contribution in [0.3, 0.4) is 0 Å². The summed E-state index contributed by atoms with van der Waals surface area (Å²) in [6.07, 6.45) is 0. The first-order chi connectivity index (χ1) is 15.5. The fourth-order valence-corrected chi connectivity index (χ4v) is 5.06. The zero-order chi connectivity index (χ0) is 24.3. The van der Waals surface area contributed by atoms with Crippen LogP contribution in [-0.2, 0) is 14.8 Å². The van der Waals surface area contributed by atoms with E-state index in [-0.39, 0.29) is 11.4 Å². The van der Waals surface area contributed by atoms with E-state index in [9.17, 15) is 22.8 Å². The van der Waals surface area contributed by atoms with Gasteiger partial charge in [-0.15, -0.1) is 0 Å². The number of methoxy groups -OCH3 is 1. The maximum absolute atomic E-state index is 13.6. The van der Waals surface area contributed by atoms with Gasteiger partial charge in [0.05, 0.1) is 12.8 Å². The Balaban J connectivity index is 2.08. The first kappa shape index (κ1) is 23.8. The summed E-state index contributed by atoms with van der Waals surface area (Å²) in [6.45, 7) is 4.27. The molecule has 1 amide bonds. The largest absolute Gasteiger partial charge is 0.497 e. The second-order valence-corrected chi connectivity index (χ2v) is 9.30. The molecule has 0 bridgehead atoms. The lowest BCUT2D eigenvalue weighted by molar-refractivity contribution is -0.114. The van der Waals surface area contributed by atoms with Crippen molar-refractivity contribution in [1.82, 2.24) is 9.97 Å². The average molecular weight is 473 g/mol. The number of amides is 1. The molecule has 0 saturated heterocycles. The lowest BCUT2D eigenvalue weighted by Gasteiger charge is -2.25. The topological polar surface area (TPSA) is 141 Å². The Bertz CT molecular complexity index is 1410. The lowest BCUT2D eigenvalue weighted by atomic mass is 10.1. The van der Waals surface area contributed by atoms with Crippen molar-refractivity contribution in [2.24, 2.45) is 0 Å². The number of sulfonamides is 1. The monoisotopic (exact) mass is 472 g/mol. The summed E-state index contributed by atoms with van der Waals surface area (Å²) in [5.41, 5.74) is 0.125. The van der Waals surface area contributed by atoms with Crippen LogP contribution in [0.4, 0.5) is 11.4 Å². The van der Waals surface area contributed by atoms with Gasteiger partial charge in [-0.3, -0.25) is 18.9 Å². The van der Waals surface area contributed by atoms with Gasteiger partial charge < -0.3 is 15.0 Å². The third-order valence-corrected chi connectivity index (χ3v) is 6.69. The molecule has 0 fully saturated rings. The van der Waals surface area contributed by atoms with Crippen LogP contribution in [0.15, 0.2) is 56.9 Å². The van der Waals surface area contributed by atoms with E-state index < -0.39 is 38.6 Å². The lowest BCUT2D eigenvalue weighted by Crippen LogP contribution is -2.42. The van der Waals surface area contributed by atoms with Crippen molar-refractivity contribution in [3.05, 3.63) is 80.1 Å². The first-order valence-electron chi connectivity index (χ1n) is 9.89. The van der Waals surface area contributed by atoms with E-state index in [1.807, 2.05) is 11.1 Å². The van der Waals surface area contributed by atoms with Crippen molar-refractivity contribution >= 4 is 27.3 Å². The van der Waals surface area contributed by atoms with Gasteiger partial charge in [-0.1, -0.05) is 12.1 Å². The molecule has 174 valence electrons. The number of nitrogens with zero attached hydrogens (tertiary/aromatic N) is 1. The number of aromatic amines is 2. The molecular formula is C22H24N4O6S. The molecular weight excluding hydrogens is 448 g/mol. The molecule has 0 saturated carbocycles. The third-order valence-electron chi connectivity index (χ3n) is 4.76. The molecule has 33 heavy (non-hydrogen) atoms. The second-order valence-electron chi connectivity index (χ2n) is 7.50. The summed E-state index contributed by atoms with van der Waals surface area (Å²) >= 11 is 0. The molecule has 0 aliphatic heterocycles. The fourth-order valence-electron chi connectivity index (χ4n) is 3.45. The summed E-state index contributed by atoms with van der Waals surface area (Å²) in [5, 5.41) is 2.64. The number of H-pyrrole nitrogens is 2. The minimum atomic E-state index is -4.53. The number of hydrogen-bond donors (Lipinski definition) is 3. The predicted octanol–water partition coefficient (Wildman–Crippen LogP) is 1.83. The van der Waals surface area contributed by atoms with Gasteiger partial charge >= 0.3 is 5.69 Å². The summed E-state index contributed by atoms with van der Waals surface area (Å²) in [5.74, 6) is -0.119. The second kappa shape index (κ2) is 9.33. The minimum Gasteiger partial charge on any atom is -0.497 e. The highest BCUT2D eigenvalue weighted by Gasteiger charge is 2.32. The highest BCUT2D eigenvalue weighted by molar-refractivity contribution is 7.92. The number of benzene rings is 2. The number of anilines is 2. The van der Waals surface area contributed by atoms with Crippen LogP contribution in [0.5, 0.6) is 5.75 Å². The summed E-state index contributed by atoms with van der Waals surface area (Å²) in [4.78, 5) is 40.4. The van der Waals surface area contributed by atoms with Gasteiger partial charge in [0.15, 0.2) is 4.90 Å². The van der Waals surface area contributed by atoms with E-state index >= 15 is 0 Å². The Kier molecular flexibility index (Phi) is 6.73. The molecule has 3 rings (SSSR count). The number of nitrogens with one attached hydrogen (secondary N) is 3. The highest BCUT2D eigenvalue weighted by Crippen LogP contribution is 2.26. The van der Waals surface area contributed by atoms with Crippen LogP contribution >= 0.6 is 0 Å². The Morgan fingerprint density at radius 1 is 1.03 bits per heavy atom. The first-order valence-corrected chi connectivity index (χ1v) is 11.3. The standard InChI is InChI=1S/C22H24N4O6S/c1-13-8-14(2)10-17(9-13)26(12-19(27)24-16-6-5-7-18(11-16)32-4)33(30,31)20-15(3)23-22(29)25-21(20)28/h5-11H,12H2,1-4H3,(H,24,27)(H2,23,25,28,29). The highest BCUT2D eigenvalue weighted by atomic mass is 32.2. The van der Waals surface area contributed by atoms with E-state index in [0.29, 0.717) is 11.4 Å². The number of carbonyl (C=O) groups is 1. The fraction of sp³-hybridized carbons (Fsp3) is 0.227. The van der Waals surface area contributed by atoms with Crippen LogP contribution < -0.4 is 25.6 Å². The molecule has 3 N–H and O–H groups in total. The number of hydrogen-bond acceptors (Lipinski definition) is 6. The Labute approximate surface area is 190 Å². The van der Waals surface area contributed by atoms with Crippen LogP contribution in [-0.4, -0.2) is 37.9 Å². The van der Waals surface area contributed by atoms with Crippen molar-refractivity contribution in [2.75, 3.05) is 23.3 Å². The zero-order valence-electron chi connectivity index (χ0n) is 18.6. The van der Waals surface area contributed by atoms with Crippen molar-refractivity contribution in [2.45, 2.75) is 25.7 Å². The summed E-state index contributed by atoms with van der Waals surface area (Å²) < 4.78 is 33.1. The van der Waals surface area contributed by atoms with Gasteiger partial charge in [0, 0.05) is 17.4 Å². The van der Waals surface area contributed by atoms with Gasteiger partial charge in [-0.2, -0.15) is 0 Å². The molecule has 10 nitrogen and oxygen atoms in total. The van der Waals surface area contributed by atoms with Crippen LogP contribution in [0.1, 0.15) is 16.8 Å². The molecule has 0 spiro atoms. The maximum atomic E-state index is 13.6. The predicted molar refractivity (Wildman–Crippen MR) is 124 cm³/mol. The molecule has 1 heterocycles. The smallest absolute Gasteiger partial charge is 0.325 e. The molecule has 0 radical (unpaired) electrons. The number of aromatic nitrogens is 2. The third kappa shape index (κ3) is 5.32. The molecule has 0 aliphatic rings. The Hall–Kier alpha value is -3.86. The molecule has 3 aromatic rings. The number of ether oxygens (including phenoxy) is 1. The van der Waals surface area contributed by atoms with E-state index in [1.165, 1.54) is 14.0 Å². The Morgan fingerprint density at radius 2 is 1.70 bits per heavy atom. The quantitative estimate of drug-likeness (QED) is 0.479. The van der Waals surface area contributed by atoms with Crippen LogP contribution in [0.25, 0.3) is 0 Å². The van der Waals surface area contributed by atoms with Crippen LogP contribution in [0, 0.1) is 20.8 Å². The zero-order valence-corrected chi connectivity index (χ0v) is 19.4. The SMILES string of the molecule is COc1cccc(NC(=O)CN(c2cc(C)cc(C)c2)S(=O)(=O)c2c(C)[nH]c(=O)[nH]c2=O)c1. The van der Waals surface area contributed by atoms with Gasteiger partial charge in [0.1, 0.15) is 12.3 Å². The Morgan fingerprint density at radius 3 is 2.30 bits per heavy atom. The van der Waals surface area contributed by atoms with Crippen molar-refractivity contribution in [3.8, 4) is 5.75 Å². The van der Waals surface area contributed by atoms with Crippen molar-refractivity contribution < 1.29 is 17.9 Å². The van der Waals surface area contributed by atoms with E-state index in [4.69, 9.17) is 4.74 Å². The number of aryl methyl sites for hydroxylation is 3. The van der Waals surface area contributed by atoms with E-state index in [2.05, 4.69) is 10.3 Å². The molecule has 1 aromatic heterocycles.